The SMILES string of the molecule is COc1cccc([C@H](CNC(=O)Nc2cccc(C)c2)N2CCOCC2)c1. The zero-order chi connectivity index (χ0) is 19.1. The molecule has 2 aromatic rings. The summed E-state index contributed by atoms with van der Waals surface area (Å²) in [4.78, 5) is 14.7. The largest absolute Gasteiger partial charge is 0.497 e. The molecule has 3 rings (SSSR count). The lowest BCUT2D eigenvalue weighted by atomic mass is 10.0. The first-order valence-electron chi connectivity index (χ1n) is 9.23. The Balaban J connectivity index is 1.68. The summed E-state index contributed by atoms with van der Waals surface area (Å²) in [5.41, 5.74) is 3.01. The van der Waals surface area contributed by atoms with Gasteiger partial charge in [-0.3, -0.25) is 4.90 Å². The van der Waals surface area contributed by atoms with Gasteiger partial charge in [-0.05, 0) is 42.3 Å². The second-order valence-electron chi connectivity index (χ2n) is 6.65. The van der Waals surface area contributed by atoms with Crippen molar-refractivity contribution in [3.63, 3.8) is 0 Å². The lowest BCUT2D eigenvalue weighted by Gasteiger charge is -2.35. The fraction of sp³-hybridized carbons (Fsp3) is 0.381. The molecule has 0 bridgehead atoms. The van der Waals surface area contributed by atoms with Gasteiger partial charge in [-0.25, -0.2) is 4.79 Å². The smallest absolute Gasteiger partial charge is 0.319 e. The first-order valence-corrected chi connectivity index (χ1v) is 9.23. The van der Waals surface area contributed by atoms with E-state index in [0.29, 0.717) is 19.8 Å². The van der Waals surface area contributed by atoms with E-state index in [1.54, 1.807) is 7.11 Å². The molecule has 144 valence electrons. The number of aryl methyl sites for hydroxylation is 1. The molecule has 2 aromatic carbocycles. The van der Waals surface area contributed by atoms with Gasteiger partial charge in [0.2, 0.25) is 0 Å². The normalized spacial score (nSPS) is 15.8. The van der Waals surface area contributed by atoms with E-state index in [1.807, 2.05) is 49.4 Å². The Hall–Kier alpha value is -2.57. The summed E-state index contributed by atoms with van der Waals surface area (Å²) in [7, 11) is 1.66. The summed E-state index contributed by atoms with van der Waals surface area (Å²) < 4.78 is 10.8. The fourth-order valence-corrected chi connectivity index (χ4v) is 3.28. The van der Waals surface area contributed by atoms with Crippen LogP contribution < -0.4 is 15.4 Å². The van der Waals surface area contributed by atoms with Crippen LogP contribution in [0.1, 0.15) is 17.2 Å². The molecule has 1 saturated heterocycles. The van der Waals surface area contributed by atoms with E-state index >= 15 is 0 Å². The molecule has 0 radical (unpaired) electrons. The minimum absolute atomic E-state index is 0.0623. The lowest BCUT2D eigenvalue weighted by Crippen LogP contribution is -2.44. The molecule has 1 fully saturated rings. The molecule has 27 heavy (non-hydrogen) atoms. The van der Waals surface area contributed by atoms with Gasteiger partial charge in [0.25, 0.3) is 0 Å². The van der Waals surface area contributed by atoms with Gasteiger partial charge >= 0.3 is 6.03 Å². The summed E-state index contributed by atoms with van der Waals surface area (Å²) in [6.07, 6.45) is 0. The van der Waals surface area contributed by atoms with Crippen LogP contribution >= 0.6 is 0 Å². The number of hydrogen-bond donors (Lipinski definition) is 2. The highest BCUT2D eigenvalue weighted by Gasteiger charge is 2.23. The minimum atomic E-state index is -0.207. The Bertz CT molecular complexity index is 760. The summed E-state index contributed by atoms with van der Waals surface area (Å²) in [6, 6.07) is 15.6. The third kappa shape index (κ3) is 5.45. The fourth-order valence-electron chi connectivity index (χ4n) is 3.28. The quantitative estimate of drug-likeness (QED) is 0.821. The van der Waals surface area contributed by atoms with Crippen LogP contribution in [0.25, 0.3) is 0 Å². The molecule has 6 nitrogen and oxygen atoms in total. The second-order valence-corrected chi connectivity index (χ2v) is 6.65. The molecule has 0 aromatic heterocycles. The average Bonchev–Trinajstić information content (AvgIpc) is 2.69. The zero-order valence-corrected chi connectivity index (χ0v) is 15.9. The number of morpholine rings is 1. The zero-order valence-electron chi connectivity index (χ0n) is 15.9. The first-order chi connectivity index (χ1) is 13.2. The predicted molar refractivity (Wildman–Crippen MR) is 106 cm³/mol. The minimum Gasteiger partial charge on any atom is -0.497 e. The molecule has 0 unspecified atom stereocenters. The van der Waals surface area contributed by atoms with Crippen LogP contribution in [0.2, 0.25) is 0 Å². The molecule has 0 spiro atoms. The molecular formula is C21H27N3O3. The van der Waals surface area contributed by atoms with Crippen molar-refractivity contribution in [3.8, 4) is 5.75 Å². The number of carbonyl (C=O) groups is 1. The summed E-state index contributed by atoms with van der Waals surface area (Å²) >= 11 is 0. The third-order valence-corrected chi connectivity index (χ3v) is 4.70. The second kappa shape index (κ2) is 9.39. The summed E-state index contributed by atoms with van der Waals surface area (Å²) in [5, 5.41) is 5.91. The lowest BCUT2D eigenvalue weighted by molar-refractivity contribution is 0.0167. The summed E-state index contributed by atoms with van der Waals surface area (Å²) in [5.74, 6) is 0.815. The van der Waals surface area contributed by atoms with Gasteiger partial charge in [-0.1, -0.05) is 24.3 Å². The number of nitrogens with one attached hydrogen (secondary N) is 2. The average molecular weight is 369 g/mol. The number of ether oxygens (including phenoxy) is 2. The number of amides is 2. The molecule has 6 heteroatoms. The van der Waals surface area contributed by atoms with Crippen molar-refractivity contribution >= 4 is 11.7 Å². The Kier molecular flexibility index (Phi) is 6.68. The van der Waals surface area contributed by atoms with Crippen molar-refractivity contribution in [1.82, 2.24) is 10.2 Å². The Morgan fingerprint density at radius 2 is 1.96 bits per heavy atom. The van der Waals surface area contributed by atoms with Crippen molar-refractivity contribution < 1.29 is 14.3 Å². The van der Waals surface area contributed by atoms with Crippen molar-refractivity contribution in [3.05, 3.63) is 59.7 Å². The molecule has 0 saturated carbocycles. The standard InChI is InChI=1S/C21H27N3O3/c1-16-5-3-7-18(13-16)23-21(25)22-15-20(24-9-11-27-12-10-24)17-6-4-8-19(14-17)26-2/h3-8,13-14,20H,9-12,15H2,1-2H3,(H2,22,23,25)/t20-/m0/s1. The number of rotatable bonds is 6. The van der Waals surface area contributed by atoms with E-state index < -0.39 is 0 Å². The number of benzene rings is 2. The number of carbonyl (C=O) groups excluding carboxylic acids is 1. The molecule has 2 N–H and O–H groups in total. The maximum Gasteiger partial charge on any atom is 0.319 e. The van der Waals surface area contributed by atoms with E-state index in [4.69, 9.17) is 9.47 Å². The van der Waals surface area contributed by atoms with Crippen molar-refractivity contribution in [2.45, 2.75) is 13.0 Å². The van der Waals surface area contributed by atoms with Crippen LogP contribution in [0, 0.1) is 6.92 Å². The number of methoxy groups -OCH3 is 1. The van der Waals surface area contributed by atoms with Gasteiger partial charge < -0.3 is 20.1 Å². The van der Waals surface area contributed by atoms with E-state index in [0.717, 1.165) is 35.7 Å². The van der Waals surface area contributed by atoms with Gasteiger partial charge in [0.05, 0.1) is 26.4 Å². The highest BCUT2D eigenvalue weighted by atomic mass is 16.5. The molecular weight excluding hydrogens is 342 g/mol. The van der Waals surface area contributed by atoms with E-state index in [9.17, 15) is 4.79 Å². The van der Waals surface area contributed by atoms with Crippen LogP contribution in [-0.2, 0) is 4.74 Å². The molecule has 1 heterocycles. The Morgan fingerprint density at radius 3 is 2.70 bits per heavy atom. The van der Waals surface area contributed by atoms with Crippen LogP contribution in [0.4, 0.5) is 10.5 Å². The van der Waals surface area contributed by atoms with Gasteiger partial charge in [-0.2, -0.15) is 0 Å². The first kappa shape index (κ1) is 19.2. The maximum absolute atomic E-state index is 12.4. The predicted octanol–water partition coefficient (Wildman–Crippen LogP) is 3.20. The van der Waals surface area contributed by atoms with Crippen LogP contribution in [-0.4, -0.2) is 50.9 Å². The number of urea groups is 1. The van der Waals surface area contributed by atoms with Gasteiger partial charge in [-0.15, -0.1) is 0 Å². The highest BCUT2D eigenvalue weighted by Crippen LogP contribution is 2.24. The van der Waals surface area contributed by atoms with E-state index in [2.05, 4.69) is 21.6 Å². The van der Waals surface area contributed by atoms with Crippen LogP contribution in [0.3, 0.4) is 0 Å². The molecule has 1 atom stereocenters. The number of anilines is 1. The molecule has 2 amide bonds. The summed E-state index contributed by atoms with van der Waals surface area (Å²) in [6.45, 7) is 5.59. The van der Waals surface area contributed by atoms with Crippen LogP contribution in [0.15, 0.2) is 48.5 Å². The van der Waals surface area contributed by atoms with Crippen molar-refractivity contribution in [2.24, 2.45) is 0 Å². The van der Waals surface area contributed by atoms with Crippen LogP contribution in [0.5, 0.6) is 5.75 Å². The van der Waals surface area contributed by atoms with Gasteiger partial charge in [0.15, 0.2) is 0 Å². The molecule has 0 aliphatic carbocycles. The molecule has 1 aliphatic rings. The highest BCUT2D eigenvalue weighted by molar-refractivity contribution is 5.89. The van der Waals surface area contributed by atoms with E-state index in [1.165, 1.54) is 0 Å². The third-order valence-electron chi connectivity index (χ3n) is 4.70. The number of nitrogens with zero attached hydrogens (tertiary/aromatic N) is 1. The topological polar surface area (TPSA) is 62.8 Å². The maximum atomic E-state index is 12.4. The Morgan fingerprint density at radius 1 is 1.19 bits per heavy atom. The molecule has 1 aliphatic heterocycles. The van der Waals surface area contributed by atoms with Crippen molar-refractivity contribution in [2.75, 3.05) is 45.3 Å². The monoisotopic (exact) mass is 369 g/mol. The van der Waals surface area contributed by atoms with Gasteiger partial charge in [0.1, 0.15) is 5.75 Å². The van der Waals surface area contributed by atoms with E-state index in [-0.39, 0.29) is 12.1 Å². The number of hydrogen-bond acceptors (Lipinski definition) is 4. The Labute approximate surface area is 160 Å². The van der Waals surface area contributed by atoms with Crippen molar-refractivity contribution in [1.29, 1.82) is 0 Å². The van der Waals surface area contributed by atoms with Gasteiger partial charge in [0, 0.05) is 25.3 Å².